The van der Waals surface area contributed by atoms with E-state index in [-0.39, 0.29) is 0 Å². The average Bonchev–Trinajstić information content (AvgIpc) is 2.77. The zero-order valence-corrected chi connectivity index (χ0v) is 19.3. The Morgan fingerprint density at radius 2 is 1.38 bits per heavy atom. The van der Waals surface area contributed by atoms with E-state index in [2.05, 4.69) is 86.3 Å². The first-order chi connectivity index (χ1) is 14.2. The second-order valence-electron chi connectivity index (χ2n) is 7.33. The Morgan fingerprint density at radius 1 is 0.759 bits per heavy atom. The highest BCUT2D eigenvalue weighted by Gasteiger charge is 2.25. The molecule has 0 spiro atoms. The topological polar surface area (TPSA) is 3.24 Å². The summed E-state index contributed by atoms with van der Waals surface area (Å²) in [6.07, 6.45) is 4.73. The molecule has 0 N–H and O–H groups in total. The molecule has 0 saturated heterocycles. The largest absolute Gasteiger partial charge is 0.308 e. The Kier molecular flexibility index (Phi) is 7.44. The minimum atomic E-state index is 1.07. The molecule has 29 heavy (non-hydrogen) atoms. The molecule has 0 bridgehead atoms. The highest BCUT2D eigenvalue weighted by molar-refractivity contribution is 7.99. The van der Waals surface area contributed by atoms with Gasteiger partial charge >= 0.3 is 0 Å². The molecule has 0 saturated carbocycles. The molecule has 1 heterocycles. The molecule has 2 heteroatoms. The second-order valence-corrected chi connectivity index (χ2v) is 8.42. The summed E-state index contributed by atoms with van der Waals surface area (Å²) in [5, 5.41) is 0. The fourth-order valence-electron chi connectivity index (χ4n) is 3.65. The molecule has 0 amide bonds. The lowest BCUT2D eigenvalue weighted by molar-refractivity contribution is 0.795. The van der Waals surface area contributed by atoms with Gasteiger partial charge in [-0.3, -0.25) is 0 Å². The molecular formula is C27H33NS. The van der Waals surface area contributed by atoms with Gasteiger partial charge in [-0.1, -0.05) is 70.1 Å². The molecule has 0 radical (unpaired) electrons. The van der Waals surface area contributed by atoms with Crippen LogP contribution in [0.4, 0.5) is 17.1 Å². The van der Waals surface area contributed by atoms with Crippen LogP contribution >= 0.6 is 11.8 Å². The van der Waals surface area contributed by atoms with Crippen molar-refractivity contribution >= 4 is 28.8 Å². The number of rotatable bonds is 5. The van der Waals surface area contributed by atoms with Crippen LogP contribution in [-0.4, -0.2) is 0 Å². The number of hydrogen-bond acceptors (Lipinski definition) is 2. The Hall–Kier alpha value is -2.19. The maximum atomic E-state index is 2.42. The van der Waals surface area contributed by atoms with Gasteiger partial charge in [-0.2, -0.15) is 0 Å². The molecule has 0 atom stereocenters. The molecular weight excluding hydrogens is 370 g/mol. The molecule has 1 aliphatic rings. The fraction of sp³-hybridized carbons (Fsp3) is 0.333. The number of nitrogens with zero attached hydrogens (tertiary/aromatic N) is 1. The normalized spacial score (nSPS) is 12.0. The SMILES string of the molecule is CC.CCCCc1ccc(N2c3ccc(C)cc3Sc3cc(CC)ccc32)cc1. The van der Waals surface area contributed by atoms with Crippen molar-refractivity contribution in [2.75, 3.05) is 4.90 Å². The summed E-state index contributed by atoms with van der Waals surface area (Å²) in [5.41, 5.74) is 7.95. The first kappa shape index (κ1) is 21.5. The number of unbranched alkanes of at least 4 members (excludes halogenated alkanes) is 1. The lowest BCUT2D eigenvalue weighted by atomic mass is 10.1. The molecule has 0 fully saturated rings. The van der Waals surface area contributed by atoms with Crippen LogP contribution in [0.3, 0.4) is 0 Å². The lowest BCUT2D eigenvalue weighted by Gasteiger charge is -2.33. The average molecular weight is 404 g/mol. The Balaban J connectivity index is 0.00000117. The van der Waals surface area contributed by atoms with Crippen molar-refractivity contribution in [3.8, 4) is 0 Å². The van der Waals surface area contributed by atoms with Crippen molar-refractivity contribution in [2.45, 2.75) is 70.1 Å². The third-order valence-corrected chi connectivity index (χ3v) is 6.36. The van der Waals surface area contributed by atoms with E-state index in [9.17, 15) is 0 Å². The van der Waals surface area contributed by atoms with Gasteiger partial charge in [0.15, 0.2) is 0 Å². The van der Waals surface area contributed by atoms with Crippen LogP contribution in [0, 0.1) is 6.92 Å². The first-order valence-corrected chi connectivity index (χ1v) is 11.8. The summed E-state index contributed by atoms with van der Waals surface area (Å²) in [4.78, 5) is 5.11. The van der Waals surface area contributed by atoms with Gasteiger partial charge in [0.05, 0.1) is 11.4 Å². The third kappa shape index (κ3) is 4.70. The predicted molar refractivity (Wildman–Crippen MR) is 129 cm³/mol. The summed E-state index contributed by atoms with van der Waals surface area (Å²) in [6, 6.07) is 22.8. The molecule has 0 unspecified atom stereocenters. The molecule has 3 aromatic carbocycles. The van der Waals surface area contributed by atoms with Gasteiger partial charge in [0.25, 0.3) is 0 Å². The van der Waals surface area contributed by atoms with E-state index in [1.54, 1.807) is 0 Å². The summed E-state index contributed by atoms with van der Waals surface area (Å²) in [7, 11) is 0. The van der Waals surface area contributed by atoms with E-state index in [0.29, 0.717) is 0 Å². The quantitative estimate of drug-likeness (QED) is 0.327. The van der Waals surface area contributed by atoms with Gasteiger partial charge in [0, 0.05) is 15.5 Å². The van der Waals surface area contributed by atoms with Gasteiger partial charge < -0.3 is 4.90 Å². The van der Waals surface area contributed by atoms with E-state index < -0.39 is 0 Å². The summed E-state index contributed by atoms with van der Waals surface area (Å²) >= 11 is 1.90. The van der Waals surface area contributed by atoms with Crippen molar-refractivity contribution in [1.29, 1.82) is 0 Å². The van der Waals surface area contributed by atoms with Gasteiger partial charge in [-0.15, -0.1) is 0 Å². The monoisotopic (exact) mass is 403 g/mol. The van der Waals surface area contributed by atoms with Crippen LogP contribution < -0.4 is 4.90 Å². The molecule has 0 aliphatic carbocycles. The fourth-order valence-corrected chi connectivity index (χ4v) is 4.87. The standard InChI is InChI=1S/C25H27NS.C2H6/c1-4-6-7-20-9-12-21(13-10-20)26-22-14-8-18(3)16-24(22)27-25-17-19(5-2)11-15-23(25)26;1-2/h8-17H,4-7H2,1-3H3;1-2H3. The first-order valence-electron chi connectivity index (χ1n) is 11.0. The van der Waals surface area contributed by atoms with Crippen LogP contribution in [0.15, 0.2) is 70.5 Å². The third-order valence-electron chi connectivity index (χ3n) is 5.26. The van der Waals surface area contributed by atoms with E-state index >= 15 is 0 Å². The lowest BCUT2D eigenvalue weighted by Crippen LogP contribution is -2.15. The highest BCUT2D eigenvalue weighted by Crippen LogP contribution is 2.51. The maximum absolute atomic E-state index is 2.42. The van der Waals surface area contributed by atoms with E-state index in [0.717, 1.165) is 6.42 Å². The maximum Gasteiger partial charge on any atom is 0.0601 e. The van der Waals surface area contributed by atoms with Crippen LogP contribution in [0.25, 0.3) is 0 Å². The number of hydrogen-bond donors (Lipinski definition) is 0. The summed E-state index contributed by atoms with van der Waals surface area (Å²) < 4.78 is 0. The highest BCUT2D eigenvalue weighted by atomic mass is 32.2. The van der Waals surface area contributed by atoms with E-state index in [4.69, 9.17) is 0 Å². The molecule has 0 aromatic heterocycles. The van der Waals surface area contributed by atoms with Crippen LogP contribution in [0.1, 0.15) is 57.2 Å². The van der Waals surface area contributed by atoms with Crippen molar-refractivity contribution in [2.24, 2.45) is 0 Å². The molecule has 152 valence electrons. The van der Waals surface area contributed by atoms with Crippen LogP contribution in [0.5, 0.6) is 0 Å². The minimum Gasteiger partial charge on any atom is -0.308 e. The zero-order valence-electron chi connectivity index (χ0n) is 18.5. The Bertz CT molecular complexity index is 943. The number of anilines is 3. The van der Waals surface area contributed by atoms with Gasteiger partial charge in [0.1, 0.15) is 0 Å². The Morgan fingerprint density at radius 3 is 2.03 bits per heavy atom. The smallest absolute Gasteiger partial charge is 0.0601 e. The van der Waals surface area contributed by atoms with Gasteiger partial charge in [0.2, 0.25) is 0 Å². The number of aryl methyl sites for hydroxylation is 3. The van der Waals surface area contributed by atoms with Gasteiger partial charge in [-0.05, 0) is 79.3 Å². The number of benzene rings is 3. The van der Waals surface area contributed by atoms with E-state index in [1.807, 2.05) is 25.6 Å². The molecule has 1 aliphatic heterocycles. The molecule has 1 nitrogen and oxygen atoms in total. The minimum absolute atomic E-state index is 1.07. The van der Waals surface area contributed by atoms with Crippen molar-refractivity contribution in [3.05, 3.63) is 77.4 Å². The zero-order chi connectivity index (χ0) is 20.8. The van der Waals surface area contributed by atoms with Gasteiger partial charge in [-0.25, -0.2) is 0 Å². The van der Waals surface area contributed by atoms with E-state index in [1.165, 1.54) is 62.8 Å². The summed E-state index contributed by atoms with van der Waals surface area (Å²) in [5.74, 6) is 0. The second kappa shape index (κ2) is 10.0. The van der Waals surface area contributed by atoms with Crippen LogP contribution in [0.2, 0.25) is 0 Å². The molecule has 3 aromatic rings. The van der Waals surface area contributed by atoms with Crippen LogP contribution in [-0.2, 0) is 12.8 Å². The predicted octanol–water partition coefficient (Wildman–Crippen LogP) is 8.86. The Labute approximate surface area is 181 Å². The van der Waals surface area contributed by atoms with Crippen molar-refractivity contribution < 1.29 is 0 Å². The van der Waals surface area contributed by atoms with Crippen molar-refractivity contribution in [1.82, 2.24) is 0 Å². The molecule has 4 rings (SSSR count). The van der Waals surface area contributed by atoms with Crippen molar-refractivity contribution in [3.63, 3.8) is 0 Å². The summed E-state index contributed by atoms with van der Waals surface area (Å²) in [6.45, 7) is 10.6. The number of fused-ring (bicyclic) bond motifs is 2.